The monoisotopic (exact) mass is 613 g/mol. The van der Waals surface area contributed by atoms with E-state index in [4.69, 9.17) is 27.9 Å². The van der Waals surface area contributed by atoms with Crippen LogP contribution in [0.4, 0.5) is 50.0 Å². The van der Waals surface area contributed by atoms with E-state index in [1.54, 1.807) is 0 Å². The summed E-state index contributed by atoms with van der Waals surface area (Å²) in [5.41, 5.74) is -6.15. The molecule has 0 saturated heterocycles. The zero-order chi connectivity index (χ0) is 30.0. The number of ether oxygens (including phenoxy) is 1. The van der Waals surface area contributed by atoms with E-state index in [0.29, 0.717) is 27.1 Å². The lowest BCUT2D eigenvalue weighted by atomic mass is 10.1. The molecule has 0 fully saturated rings. The fourth-order valence-corrected chi connectivity index (χ4v) is 4.30. The van der Waals surface area contributed by atoms with Crippen LogP contribution in [0, 0.1) is 0 Å². The maximum atomic E-state index is 14.1. The smallest absolute Gasteiger partial charge is 0.443 e. The third-order valence-electron chi connectivity index (χ3n) is 5.15. The molecule has 0 aliphatic carbocycles. The molecule has 3 rings (SSSR count). The molecule has 0 aromatic heterocycles. The van der Waals surface area contributed by atoms with Crippen LogP contribution in [-0.4, -0.2) is 65.8 Å². The SMILES string of the molecule is CN(C(=O)OC(C)(C)C)C1=C2C(C(F)(F)F)=NC(C(F)(F)F)=NC2N(C)N1c1c(Cl)cc(C(F)(F)F)cc1Cl. The van der Waals surface area contributed by atoms with Gasteiger partial charge >= 0.3 is 24.6 Å². The first-order valence-electron chi connectivity index (χ1n) is 10.6. The Balaban J connectivity index is 2.38. The number of carbonyl (C=O) groups is 1. The van der Waals surface area contributed by atoms with Crippen molar-refractivity contribution in [2.75, 3.05) is 19.1 Å². The number of halogens is 11. The van der Waals surface area contributed by atoms with Gasteiger partial charge in [-0.3, -0.25) is 9.91 Å². The van der Waals surface area contributed by atoms with Gasteiger partial charge in [-0.25, -0.2) is 14.8 Å². The van der Waals surface area contributed by atoms with Crippen molar-refractivity contribution in [3.8, 4) is 0 Å². The summed E-state index contributed by atoms with van der Waals surface area (Å²) in [7, 11) is 1.91. The number of amides is 1. The number of aliphatic imine (C=N–C) groups is 2. The molecule has 7 nitrogen and oxygen atoms in total. The fourth-order valence-electron chi connectivity index (χ4n) is 3.65. The van der Waals surface area contributed by atoms with Crippen molar-refractivity contribution >= 4 is 46.5 Å². The summed E-state index contributed by atoms with van der Waals surface area (Å²) in [4.78, 5) is 19.4. The third kappa shape index (κ3) is 6.06. The van der Waals surface area contributed by atoms with Crippen molar-refractivity contribution < 1.29 is 49.0 Å². The summed E-state index contributed by atoms with van der Waals surface area (Å²) >= 11 is 12.2. The van der Waals surface area contributed by atoms with Crippen LogP contribution in [0.2, 0.25) is 10.0 Å². The number of amidine groups is 1. The van der Waals surface area contributed by atoms with Gasteiger partial charge in [-0.05, 0) is 32.9 Å². The Labute approximate surface area is 225 Å². The molecule has 1 amide bonds. The van der Waals surface area contributed by atoms with Gasteiger partial charge in [0.1, 0.15) is 11.4 Å². The molecule has 0 saturated carbocycles. The van der Waals surface area contributed by atoms with Crippen molar-refractivity contribution in [3.05, 3.63) is 39.1 Å². The zero-order valence-electron chi connectivity index (χ0n) is 20.4. The largest absolute Gasteiger partial charge is 0.451 e. The van der Waals surface area contributed by atoms with Crippen LogP contribution in [0.3, 0.4) is 0 Å². The zero-order valence-corrected chi connectivity index (χ0v) is 22.0. The Morgan fingerprint density at radius 1 is 0.949 bits per heavy atom. The number of benzene rings is 1. The molecule has 1 aromatic rings. The lowest BCUT2D eigenvalue weighted by molar-refractivity contribution is -0.137. The van der Waals surface area contributed by atoms with Gasteiger partial charge in [0.05, 0.1) is 26.9 Å². The Bertz CT molecular complexity index is 1260. The normalized spacial score (nSPS) is 19.2. The highest BCUT2D eigenvalue weighted by Crippen LogP contribution is 2.48. The predicted molar refractivity (Wildman–Crippen MR) is 123 cm³/mol. The number of fused-ring (bicyclic) bond motifs is 1. The fraction of sp³-hybridized carbons (Fsp3) is 0.476. The number of hydrogen-bond acceptors (Lipinski definition) is 6. The van der Waals surface area contributed by atoms with E-state index in [1.807, 2.05) is 0 Å². The Morgan fingerprint density at radius 2 is 1.46 bits per heavy atom. The molecule has 2 aliphatic heterocycles. The Hall–Kier alpha value is -2.72. The van der Waals surface area contributed by atoms with E-state index in [2.05, 4.69) is 9.98 Å². The first kappa shape index (κ1) is 30.8. The lowest BCUT2D eigenvalue weighted by Crippen LogP contribution is -2.45. The number of likely N-dealkylation sites (N-methyl/N-ethyl adjacent to an activating group) is 1. The number of nitrogens with zero attached hydrogens (tertiary/aromatic N) is 5. The van der Waals surface area contributed by atoms with Crippen LogP contribution in [0.1, 0.15) is 26.3 Å². The minimum Gasteiger partial charge on any atom is -0.443 e. The number of hydrazine groups is 1. The minimum atomic E-state index is -5.50. The van der Waals surface area contributed by atoms with E-state index in [1.165, 1.54) is 20.8 Å². The molecule has 216 valence electrons. The maximum Gasteiger partial charge on any atom is 0.451 e. The van der Waals surface area contributed by atoms with Crippen LogP contribution in [0.25, 0.3) is 0 Å². The quantitative estimate of drug-likeness (QED) is 0.335. The third-order valence-corrected chi connectivity index (χ3v) is 5.73. The molecule has 0 radical (unpaired) electrons. The van der Waals surface area contributed by atoms with Crippen molar-refractivity contribution in [1.82, 2.24) is 9.91 Å². The molecule has 0 spiro atoms. The van der Waals surface area contributed by atoms with Crippen molar-refractivity contribution in [3.63, 3.8) is 0 Å². The second-order valence-corrected chi connectivity index (χ2v) is 10.0. The number of hydrogen-bond donors (Lipinski definition) is 0. The van der Waals surface area contributed by atoms with E-state index in [0.717, 1.165) is 14.1 Å². The molecular weight excluding hydrogens is 596 g/mol. The Morgan fingerprint density at radius 3 is 1.87 bits per heavy atom. The summed E-state index contributed by atoms with van der Waals surface area (Å²) in [6, 6.07) is 0.828. The summed E-state index contributed by atoms with van der Waals surface area (Å²) in [6.07, 6.45) is -19.2. The first-order valence-corrected chi connectivity index (χ1v) is 11.3. The average molecular weight is 614 g/mol. The molecular formula is C21H18Cl2F9N5O2. The molecule has 1 aromatic carbocycles. The van der Waals surface area contributed by atoms with Gasteiger partial charge in [0.15, 0.2) is 11.9 Å². The molecule has 2 heterocycles. The molecule has 2 aliphatic rings. The van der Waals surface area contributed by atoms with Crippen molar-refractivity contribution in [1.29, 1.82) is 0 Å². The second-order valence-electron chi connectivity index (χ2n) is 9.23. The number of alkyl halides is 9. The van der Waals surface area contributed by atoms with E-state index in [-0.39, 0.29) is 0 Å². The topological polar surface area (TPSA) is 60.7 Å². The summed E-state index contributed by atoms with van der Waals surface area (Å²) in [6.45, 7) is 4.31. The summed E-state index contributed by atoms with van der Waals surface area (Å²) < 4.78 is 128. The van der Waals surface area contributed by atoms with Gasteiger partial charge in [-0.2, -0.15) is 44.5 Å². The van der Waals surface area contributed by atoms with Gasteiger partial charge < -0.3 is 4.74 Å². The number of carbonyl (C=O) groups excluding carboxylic acids is 1. The highest BCUT2D eigenvalue weighted by Gasteiger charge is 2.55. The van der Waals surface area contributed by atoms with Gasteiger partial charge in [0.2, 0.25) is 5.84 Å². The Kier molecular flexibility index (Phi) is 7.69. The van der Waals surface area contributed by atoms with Crippen molar-refractivity contribution in [2.24, 2.45) is 9.98 Å². The average Bonchev–Trinajstić information content (AvgIpc) is 3.01. The van der Waals surface area contributed by atoms with Crippen LogP contribution >= 0.6 is 23.2 Å². The molecule has 39 heavy (non-hydrogen) atoms. The van der Waals surface area contributed by atoms with Gasteiger partial charge in [0.25, 0.3) is 0 Å². The summed E-state index contributed by atoms with van der Waals surface area (Å²) in [5, 5.41) is -0.153. The van der Waals surface area contributed by atoms with Gasteiger partial charge in [0, 0.05) is 14.1 Å². The van der Waals surface area contributed by atoms with E-state index in [9.17, 15) is 44.3 Å². The van der Waals surface area contributed by atoms with Gasteiger partial charge in [-0.1, -0.05) is 23.2 Å². The van der Waals surface area contributed by atoms with E-state index < -0.39 is 80.6 Å². The van der Waals surface area contributed by atoms with E-state index >= 15 is 0 Å². The maximum absolute atomic E-state index is 14.1. The number of anilines is 1. The van der Waals surface area contributed by atoms with Crippen LogP contribution < -0.4 is 5.01 Å². The van der Waals surface area contributed by atoms with Gasteiger partial charge in [-0.15, -0.1) is 0 Å². The molecule has 0 N–H and O–H groups in total. The van der Waals surface area contributed by atoms with Crippen LogP contribution in [0.5, 0.6) is 0 Å². The highest BCUT2D eigenvalue weighted by atomic mass is 35.5. The van der Waals surface area contributed by atoms with Crippen LogP contribution in [-0.2, 0) is 10.9 Å². The molecule has 0 bridgehead atoms. The minimum absolute atomic E-state index is 0.414. The molecule has 1 atom stereocenters. The number of rotatable bonds is 2. The first-order chi connectivity index (χ1) is 17.4. The standard InChI is InChI=1S/C21H18Cl2F9N5O2/c1-18(2,3)39-17(38)35(4)15-11-13(20(27,28)29)33-16(21(30,31)32)34-14(11)36(5)37(15)12-9(22)6-8(7-10(12)23)19(24,25)26/h6-7,14H,1-5H3. The molecule has 1 unspecified atom stereocenters. The highest BCUT2D eigenvalue weighted by molar-refractivity contribution is 6.39. The molecule has 18 heteroatoms. The predicted octanol–water partition coefficient (Wildman–Crippen LogP) is 7.06. The lowest BCUT2D eigenvalue weighted by Gasteiger charge is -2.35. The second kappa shape index (κ2) is 9.73. The van der Waals surface area contributed by atoms with Crippen molar-refractivity contribution in [2.45, 2.75) is 51.1 Å². The van der Waals surface area contributed by atoms with Crippen LogP contribution in [0.15, 0.2) is 33.5 Å². The summed E-state index contributed by atoms with van der Waals surface area (Å²) in [5.74, 6) is -2.93.